The third-order valence-corrected chi connectivity index (χ3v) is 2.97. The summed E-state index contributed by atoms with van der Waals surface area (Å²) in [5.41, 5.74) is 0. The number of hydrogen-bond acceptors (Lipinski definition) is 5. The number of aromatic nitrogens is 2. The first-order valence-electron chi connectivity index (χ1n) is 5.32. The summed E-state index contributed by atoms with van der Waals surface area (Å²) in [5, 5.41) is 7.88. The van der Waals surface area contributed by atoms with Crippen LogP contribution in [-0.4, -0.2) is 16.5 Å². The van der Waals surface area contributed by atoms with Gasteiger partial charge in [-0.25, -0.2) is 9.37 Å². The van der Waals surface area contributed by atoms with Gasteiger partial charge < -0.3 is 10.6 Å². The lowest BCUT2D eigenvalue weighted by Crippen LogP contribution is -2.07. The number of nitrogens with one attached hydrogen (secondary N) is 2. The number of rotatable bonds is 5. The fraction of sp³-hybridized carbons (Fsp3) is 0.273. The molecule has 6 heteroatoms. The van der Waals surface area contributed by atoms with Gasteiger partial charge in [0.25, 0.3) is 0 Å². The number of anilines is 2. The summed E-state index contributed by atoms with van der Waals surface area (Å²) in [4.78, 5) is 9.03. The molecule has 0 spiro atoms. The average Bonchev–Trinajstić information content (AvgIpc) is 2.83. The Morgan fingerprint density at radius 2 is 2.29 bits per heavy atom. The number of thiophene rings is 1. The van der Waals surface area contributed by atoms with Crippen LogP contribution in [-0.2, 0) is 6.54 Å². The second-order valence-electron chi connectivity index (χ2n) is 3.35. The molecule has 0 atom stereocenters. The zero-order valence-corrected chi connectivity index (χ0v) is 10.2. The van der Waals surface area contributed by atoms with Gasteiger partial charge in [-0.3, -0.25) is 0 Å². The van der Waals surface area contributed by atoms with E-state index >= 15 is 0 Å². The summed E-state index contributed by atoms with van der Waals surface area (Å²) < 4.78 is 13.4. The van der Waals surface area contributed by atoms with E-state index in [1.165, 1.54) is 6.20 Å². The lowest BCUT2D eigenvalue weighted by Gasteiger charge is -2.07. The molecule has 2 rings (SSSR count). The highest BCUT2D eigenvalue weighted by Crippen LogP contribution is 2.15. The minimum absolute atomic E-state index is 0.226. The van der Waals surface area contributed by atoms with Gasteiger partial charge in [-0.15, -0.1) is 11.3 Å². The predicted molar refractivity (Wildman–Crippen MR) is 67.8 cm³/mol. The van der Waals surface area contributed by atoms with Crippen LogP contribution in [0.5, 0.6) is 0 Å². The molecule has 0 aliphatic heterocycles. The van der Waals surface area contributed by atoms with E-state index < -0.39 is 5.82 Å². The van der Waals surface area contributed by atoms with Crippen LogP contribution in [0.1, 0.15) is 11.8 Å². The van der Waals surface area contributed by atoms with Crippen LogP contribution in [0.2, 0.25) is 0 Å². The quantitative estimate of drug-likeness (QED) is 0.859. The van der Waals surface area contributed by atoms with E-state index in [0.717, 1.165) is 4.88 Å². The Balaban J connectivity index is 2.06. The summed E-state index contributed by atoms with van der Waals surface area (Å²) in [6.07, 6.45) is 1.17. The molecule has 2 aromatic heterocycles. The number of nitrogens with zero attached hydrogens (tertiary/aromatic N) is 2. The van der Waals surface area contributed by atoms with E-state index in [9.17, 15) is 4.39 Å². The topological polar surface area (TPSA) is 49.8 Å². The molecule has 0 amide bonds. The van der Waals surface area contributed by atoms with Crippen LogP contribution in [0.15, 0.2) is 23.7 Å². The van der Waals surface area contributed by atoms with Crippen molar-refractivity contribution in [1.82, 2.24) is 9.97 Å². The van der Waals surface area contributed by atoms with E-state index in [1.54, 1.807) is 11.3 Å². The maximum absolute atomic E-state index is 13.4. The summed E-state index contributed by atoms with van der Waals surface area (Å²) >= 11 is 1.62. The first-order chi connectivity index (χ1) is 8.29. The van der Waals surface area contributed by atoms with E-state index in [2.05, 4.69) is 20.6 Å². The minimum Gasteiger partial charge on any atom is -0.363 e. The molecule has 0 aliphatic carbocycles. The Morgan fingerprint density at radius 1 is 1.41 bits per heavy atom. The highest BCUT2D eigenvalue weighted by molar-refractivity contribution is 7.09. The minimum atomic E-state index is -0.441. The van der Waals surface area contributed by atoms with E-state index in [-0.39, 0.29) is 5.82 Å². The van der Waals surface area contributed by atoms with Gasteiger partial charge in [-0.2, -0.15) is 4.98 Å². The smallest absolute Gasteiger partial charge is 0.224 e. The molecule has 2 N–H and O–H groups in total. The standard InChI is InChI=1S/C11H13FN4S/c1-2-13-11-15-7-9(12)10(16-11)14-6-8-4-3-5-17-8/h3-5,7H,2,6H2,1H3,(H2,13,14,15,16). The van der Waals surface area contributed by atoms with Crippen LogP contribution < -0.4 is 10.6 Å². The van der Waals surface area contributed by atoms with Gasteiger partial charge in [0.05, 0.1) is 12.7 Å². The molecule has 0 fully saturated rings. The maximum Gasteiger partial charge on any atom is 0.224 e. The van der Waals surface area contributed by atoms with Crippen LogP contribution in [0.25, 0.3) is 0 Å². The van der Waals surface area contributed by atoms with Crippen molar-refractivity contribution in [3.8, 4) is 0 Å². The molecule has 0 saturated carbocycles. The second-order valence-corrected chi connectivity index (χ2v) is 4.39. The van der Waals surface area contributed by atoms with Gasteiger partial charge in [0, 0.05) is 11.4 Å². The van der Waals surface area contributed by atoms with Gasteiger partial charge in [-0.05, 0) is 18.4 Å². The molecule has 2 aromatic rings. The Kier molecular flexibility index (Phi) is 3.87. The Hall–Kier alpha value is -1.69. The van der Waals surface area contributed by atoms with Crippen LogP contribution in [0, 0.1) is 5.82 Å². The molecular formula is C11H13FN4S. The van der Waals surface area contributed by atoms with E-state index in [4.69, 9.17) is 0 Å². The van der Waals surface area contributed by atoms with Crippen molar-refractivity contribution in [2.24, 2.45) is 0 Å². The predicted octanol–water partition coefficient (Wildman–Crippen LogP) is 2.72. The summed E-state index contributed by atoms with van der Waals surface area (Å²) in [7, 11) is 0. The SMILES string of the molecule is CCNc1ncc(F)c(NCc2cccs2)n1. The molecule has 0 radical (unpaired) electrons. The van der Waals surface area contributed by atoms with Gasteiger partial charge in [-0.1, -0.05) is 6.07 Å². The Bertz CT molecular complexity index is 472. The van der Waals surface area contributed by atoms with Crippen molar-refractivity contribution >= 4 is 23.1 Å². The second kappa shape index (κ2) is 5.58. The van der Waals surface area contributed by atoms with E-state index in [0.29, 0.717) is 19.0 Å². The molecule has 17 heavy (non-hydrogen) atoms. The maximum atomic E-state index is 13.4. The molecular weight excluding hydrogens is 239 g/mol. The highest BCUT2D eigenvalue weighted by Gasteiger charge is 2.06. The normalized spacial score (nSPS) is 10.2. The largest absolute Gasteiger partial charge is 0.363 e. The van der Waals surface area contributed by atoms with Gasteiger partial charge in [0.15, 0.2) is 11.6 Å². The van der Waals surface area contributed by atoms with Gasteiger partial charge in [0.1, 0.15) is 0 Å². The number of halogens is 1. The van der Waals surface area contributed by atoms with E-state index in [1.807, 2.05) is 24.4 Å². The average molecular weight is 252 g/mol. The molecule has 0 unspecified atom stereocenters. The summed E-state index contributed by atoms with van der Waals surface area (Å²) in [5.74, 6) is 0.218. The zero-order valence-electron chi connectivity index (χ0n) is 9.40. The molecule has 2 heterocycles. The molecule has 90 valence electrons. The molecule has 0 aliphatic rings. The first kappa shape index (κ1) is 11.8. The van der Waals surface area contributed by atoms with Crippen molar-refractivity contribution in [1.29, 1.82) is 0 Å². The summed E-state index contributed by atoms with van der Waals surface area (Å²) in [6, 6.07) is 3.95. The summed E-state index contributed by atoms with van der Waals surface area (Å²) in [6.45, 7) is 3.21. The monoisotopic (exact) mass is 252 g/mol. The lowest BCUT2D eigenvalue weighted by atomic mass is 10.4. The molecule has 0 bridgehead atoms. The zero-order chi connectivity index (χ0) is 12.1. The molecule has 0 saturated heterocycles. The lowest BCUT2D eigenvalue weighted by molar-refractivity contribution is 0.617. The first-order valence-corrected chi connectivity index (χ1v) is 6.20. The van der Waals surface area contributed by atoms with Crippen molar-refractivity contribution < 1.29 is 4.39 Å². The third-order valence-electron chi connectivity index (χ3n) is 2.09. The molecule has 4 nitrogen and oxygen atoms in total. The van der Waals surface area contributed by atoms with Crippen molar-refractivity contribution in [2.75, 3.05) is 17.2 Å². The van der Waals surface area contributed by atoms with Crippen molar-refractivity contribution in [2.45, 2.75) is 13.5 Å². The highest BCUT2D eigenvalue weighted by atomic mass is 32.1. The van der Waals surface area contributed by atoms with Crippen LogP contribution >= 0.6 is 11.3 Å². The third kappa shape index (κ3) is 3.13. The van der Waals surface area contributed by atoms with Crippen molar-refractivity contribution in [3.63, 3.8) is 0 Å². The Labute approximate surface area is 103 Å². The number of hydrogen-bond donors (Lipinski definition) is 2. The fourth-order valence-electron chi connectivity index (χ4n) is 1.32. The fourth-order valence-corrected chi connectivity index (χ4v) is 1.96. The van der Waals surface area contributed by atoms with Gasteiger partial charge in [0.2, 0.25) is 5.95 Å². The van der Waals surface area contributed by atoms with Crippen molar-refractivity contribution in [3.05, 3.63) is 34.4 Å². The molecule has 0 aromatic carbocycles. The van der Waals surface area contributed by atoms with Gasteiger partial charge >= 0.3 is 0 Å². The van der Waals surface area contributed by atoms with Crippen LogP contribution in [0.3, 0.4) is 0 Å². The van der Waals surface area contributed by atoms with Crippen LogP contribution in [0.4, 0.5) is 16.2 Å². The Morgan fingerprint density at radius 3 is 3.00 bits per heavy atom.